The number of carbonyl (C=O) groups excluding carboxylic acids is 2. The van der Waals surface area contributed by atoms with Crippen LogP contribution in [-0.2, 0) is 16.1 Å². The van der Waals surface area contributed by atoms with E-state index in [1.54, 1.807) is 0 Å². The number of anilines is 1. The number of ether oxygens (including phenoxy) is 1. The van der Waals surface area contributed by atoms with E-state index in [1.165, 1.54) is 44.3 Å². The highest BCUT2D eigenvalue weighted by Gasteiger charge is 2.37. The van der Waals surface area contributed by atoms with Gasteiger partial charge in [0, 0.05) is 30.4 Å². The number of carbonyl (C=O) groups is 2. The lowest BCUT2D eigenvalue weighted by atomic mass is 10.1. The Bertz CT molecular complexity index is 921. The molecule has 0 aromatic carbocycles. The van der Waals surface area contributed by atoms with Crippen LogP contribution in [0.4, 0.5) is 5.69 Å². The van der Waals surface area contributed by atoms with Gasteiger partial charge in [-0.2, -0.15) is 0 Å². The van der Waals surface area contributed by atoms with E-state index in [1.807, 2.05) is 12.1 Å². The van der Waals surface area contributed by atoms with E-state index in [-0.39, 0.29) is 11.8 Å². The van der Waals surface area contributed by atoms with Crippen LogP contribution in [0.3, 0.4) is 0 Å². The third-order valence-electron chi connectivity index (χ3n) is 6.07. The predicted octanol–water partition coefficient (Wildman–Crippen LogP) is 3.42. The lowest BCUT2D eigenvalue weighted by Crippen LogP contribution is -2.31. The normalized spacial score (nSPS) is 24.5. The molecule has 2 unspecified atom stereocenters. The summed E-state index contributed by atoms with van der Waals surface area (Å²) < 4.78 is 4.92. The SMILES string of the molecule is COC(=O)c1sc2nc(CN3CC4CCC3C4)ccc2c1NC(=O)C1CC1. The summed E-state index contributed by atoms with van der Waals surface area (Å²) in [5.41, 5.74) is 1.57. The minimum Gasteiger partial charge on any atom is -0.465 e. The number of rotatable bonds is 5. The van der Waals surface area contributed by atoms with Crippen LogP contribution in [0.1, 0.15) is 47.5 Å². The number of nitrogens with zero attached hydrogens (tertiary/aromatic N) is 2. The fourth-order valence-corrected chi connectivity index (χ4v) is 5.53. The Morgan fingerprint density at radius 3 is 2.81 bits per heavy atom. The van der Waals surface area contributed by atoms with Gasteiger partial charge in [-0.3, -0.25) is 9.69 Å². The molecule has 1 amide bonds. The monoisotopic (exact) mass is 385 g/mol. The summed E-state index contributed by atoms with van der Waals surface area (Å²) in [7, 11) is 1.36. The Labute approximate surface area is 161 Å². The maximum Gasteiger partial charge on any atom is 0.350 e. The first-order valence-corrected chi connectivity index (χ1v) is 10.5. The fourth-order valence-electron chi connectivity index (χ4n) is 4.46. The smallest absolute Gasteiger partial charge is 0.350 e. The number of fused-ring (bicyclic) bond motifs is 3. The van der Waals surface area contributed by atoms with Gasteiger partial charge in [0.25, 0.3) is 0 Å². The Morgan fingerprint density at radius 2 is 2.15 bits per heavy atom. The van der Waals surface area contributed by atoms with Gasteiger partial charge in [-0.25, -0.2) is 9.78 Å². The number of nitrogens with one attached hydrogen (secondary N) is 1. The summed E-state index contributed by atoms with van der Waals surface area (Å²) in [4.78, 5) is 33.0. The topological polar surface area (TPSA) is 71.5 Å². The largest absolute Gasteiger partial charge is 0.465 e. The van der Waals surface area contributed by atoms with E-state index in [0.29, 0.717) is 16.6 Å². The zero-order valence-electron chi connectivity index (χ0n) is 15.4. The number of hydrogen-bond donors (Lipinski definition) is 1. The van der Waals surface area contributed by atoms with Gasteiger partial charge >= 0.3 is 5.97 Å². The molecule has 2 saturated carbocycles. The second-order valence-electron chi connectivity index (χ2n) is 7.98. The molecule has 2 atom stereocenters. The standard InChI is InChI=1S/C20H23N3O3S/c1-26-20(25)17-16(22-18(24)12-3-4-12)15-7-5-13(21-19(15)27-17)10-23-9-11-2-6-14(23)8-11/h5,7,11-12,14H,2-4,6,8-10H2,1H3,(H,22,24). The summed E-state index contributed by atoms with van der Waals surface area (Å²) in [6, 6.07) is 4.71. The first-order valence-electron chi connectivity index (χ1n) is 9.68. The second-order valence-corrected chi connectivity index (χ2v) is 8.98. The number of amides is 1. The van der Waals surface area contributed by atoms with Gasteiger partial charge in [0.05, 0.1) is 18.5 Å². The molecule has 142 valence electrons. The lowest BCUT2D eigenvalue weighted by Gasteiger charge is -2.26. The van der Waals surface area contributed by atoms with Crippen LogP contribution < -0.4 is 5.32 Å². The van der Waals surface area contributed by atoms with Crippen molar-refractivity contribution in [3.8, 4) is 0 Å². The lowest BCUT2D eigenvalue weighted by molar-refractivity contribution is -0.117. The van der Waals surface area contributed by atoms with Gasteiger partial charge < -0.3 is 10.1 Å². The molecule has 0 spiro atoms. The third-order valence-corrected chi connectivity index (χ3v) is 7.15. The Kier molecular flexibility index (Phi) is 4.16. The van der Waals surface area contributed by atoms with Crippen LogP contribution in [0.25, 0.3) is 10.2 Å². The molecule has 27 heavy (non-hydrogen) atoms. The number of thiophene rings is 1. The summed E-state index contributed by atoms with van der Waals surface area (Å²) in [5, 5.41) is 3.77. The third kappa shape index (κ3) is 3.12. The molecule has 1 saturated heterocycles. The summed E-state index contributed by atoms with van der Waals surface area (Å²) >= 11 is 1.30. The second kappa shape index (κ2) is 6.56. The molecule has 0 radical (unpaired) electrons. The Hall–Kier alpha value is -1.99. The minimum absolute atomic E-state index is 0.0166. The van der Waals surface area contributed by atoms with E-state index in [9.17, 15) is 9.59 Å². The van der Waals surface area contributed by atoms with Gasteiger partial charge in [-0.05, 0) is 50.2 Å². The Balaban J connectivity index is 1.45. The quantitative estimate of drug-likeness (QED) is 0.799. The van der Waals surface area contributed by atoms with Gasteiger partial charge in [-0.15, -0.1) is 11.3 Å². The highest BCUT2D eigenvalue weighted by Crippen LogP contribution is 2.40. The molecule has 3 aliphatic rings. The molecule has 7 heteroatoms. The first kappa shape index (κ1) is 17.1. The average Bonchev–Trinajstić information content (AvgIpc) is 3.18. The minimum atomic E-state index is -0.428. The Morgan fingerprint density at radius 1 is 1.30 bits per heavy atom. The summed E-state index contributed by atoms with van der Waals surface area (Å²) in [6.45, 7) is 2.03. The molecule has 2 bridgehead atoms. The van der Waals surface area contributed by atoms with E-state index < -0.39 is 5.97 Å². The van der Waals surface area contributed by atoms with E-state index in [2.05, 4.69) is 10.2 Å². The highest BCUT2D eigenvalue weighted by atomic mass is 32.1. The number of aromatic nitrogens is 1. The number of piperidine rings is 1. The first-order chi connectivity index (χ1) is 13.1. The number of esters is 1. The van der Waals surface area contributed by atoms with Crippen LogP contribution in [-0.4, -0.2) is 41.5 Å². The molecular weight excluding hydrogens is 362 g/mol. The van der Waals surface area contributed by atoms with Crippen LogP contribution in [0.2, 0.25) is 0 Å². The molecule has 6 nitrogen and oxygen atoms in total. The van der Waals surface area contributed by atoms with E-state index >= 15 is 0 Å². The van der Waals surface area contributed by atoms with Crippen molar-refractivity contribution >= 4 is 39.1 Å². The predicted molar refractivity (Wildman–Crippen MR) is 104 cm³/mol. The van der Waals surface area contributed by atoms with Crippen molar-refractivity contribution in [1.29, 1.82) is 0 Å². The maximum atomic E-state index is 12.3. The zero-order valence-corrected chi connectivity index (χ0v) is 16.2. The van der Waals surface area contributed by atoms with Crippen LogP contribution >= 0.6 is 11.3 Å². The summed E-state index contributed by atoms with van der Waals surface area (Å²) in [5.74, 6) is 0.485. The molecular formula is C20H23N3O3S. The highest BCUT2D eigenvalue weighted by molar-refractivity contribution is 7.21. The van der Waals surface area contributed by atoms with Crippen molar-refractivity contribution in [3.05, 3.63) is 22.7 Å². The van der Waals surface area contributed by atoms with E-state index in [0.717, 1.165) is 41.2 Å². The fraction of sp³-hybridized carbons (Fsp3) is 0.550. The van der Waals surface area contributed by atoms with Gasteiger partial charge in [0.15, 0.2) is 0 Å². The zero-order chi connectivity index (χ0) is 18.5. The van der Waals surface area contributed by atoms with Gasteiger partial charge in [0.1, 0.15) is 9.71 Å². The number of likely N-dealkylation sites (tertiary alicyclic amines) is 1. The number of pyridine rings is 1. The molecule has 2 aromatic heterocycles. The van der Waals surface area contributed by atoms with E-state index in [4.69, 9.17) is 9.72 Å². The number of hydrogen-bond acceptors (Lipinski definition) is 6. The van der Waals surface area contributed by atoms with Crippen LogP contribution in [0.15, 0.2) is 12.1 Å². The molecule has 2 aliphatic carbocycles. The molecule has 3 fully saturated rings. The van der Waals surface area contributed by atoms with Gasteiger partial charge in [0.2, 0.25) is 5.91 Å². The summed E-state index contributed by atoms with van der Waals surface area (Å²) in [6.07, 6.45) is 5.83. The maximum absolute atomic E-state index is 12.3. The van der Waals surface area contributed by atoms with Crippen molar-refractivity contribution in [2.75, 3.05) is 19.0 Å². The molecule has 3 heterocycles. The molecule has 1 aliphatic heterocycles. The molecule has 1 N–H and O–H groups in total. The molecule has 5 rings (SSSR count). The molecule has 2 aromatic rings. The van der Waals surface area contributed by atoms with Crippen molar-refractivity contribution in [2.45, 2.75) is 44.7 Å². The number of methoxy groups -OCH3 is 1. The van der Waals surface area contributed by atoms with Gasteiger partial charge in [-0.1, -0.05) is 0 Å². The van der Waals surface area contributed by atoms with Crippen LogP contribution in [0.5, 0.6) is 0 Å². The van der Waals surface area contributed by atoms with Crippen molar-refractivity contribution in [1.82, 2.24) is 9.88 Å². The van der Waals surface area contributed by atoms with Crippen molar-refractivity contribution < 1.29 is 14.3 Å². The average molecular weight is 385 g/mol. The van der Waals surface area contributed by atoms with Crippen LogP contribution in [0, 0.1) is 11.8 Å². The van der Waals surface area contributed by atoms with Crippen molar-refractivity contribution in [3.63, 3.8) is 0 Å². The van der Waals surface area contributed by atoms with Crippen molar-refractivity contribution in [2.24, 2.45) is 11.8 Å².